The van der Waals surface area contributed by atoms with Crippen LogP contribution in [0.2, 0.25) is 0 Å². The number of hydrogen-bond donors (Lipinski definition) is 1. The molecule has 7 heteroatoms. The Balaban J connectivity index is 1.49. The van der Waals surface area contributed by atoms with Gasteiger partial charge in [-0.3, -0.25) is 14.8 Å². The maximum Gasteiger partial charge on any atom is 0.161 e. The van der Waals surface area contributed by atoms with Crippen molar-refractivity contribution in [1.29, 1.82) is 0 Å². The van der Waals surface area contributed by atoms with E-state index in [1.807, 2.05) is 24.5 Å². The van der Waals surface area contributed by atoms with Gasteiger partial charge in [-0.05, 0) is 55.4 Å². The maximum absolute atomic E-state index is 10.5. The third-order valence-electron chi connectivity index (χ3n) is 6.07. The molecular weight excluding hydrogens is 404 g/mol. The highest BCUT2D eigenvalue weighted by Crippen LogP contribution is 2.29. The molecule has 1 aliphatic rings. The average Bonchev–Trinajstić information content (AvgIpc) is 2.80. The van der Waals surface area contributed by atoms with E-state index in [2.05, 4.69) is 52.7 Å². The van der Waals surface area contributed by atoms with Crippen LogP contribution < -0.4 is 9.47 Å². The molecule has 1 N–H and O–H groups in total. The van der Waals surface area contributed by atoms with Crippen LogP contribution in [-0.2, 0) is 13.1 Å². The number of piperazine rings is 1. The summed E-state index contributed by atoms with van der Waals surface area (Å²) >= 11 is 0. The minimum atomic E-state index is -0.526. The van der Waals surface area contributed by atoms with Gasteiger partial charge in [-0.1, -0.05) is 13.0 Å². The fraction of sp³-hybridized carbons (Fsp3) is 0.560. The Morgan fingerprint density at radius 1 is 1.09 bits per heavy atom. The third-order valence-corrected chi connectivity index (χ3v) is 6.07. The molecule has 0 amide bonds. The van der Waals surface area contributed by atoms with Crippen molar-refractivity contribution in [3.63, 3.8) is 0 Å². The lowest BCUT2D eigenvalue weighted by atomic mass is 10.1. The fourth-order valence-corrected chi connectivity index (χ4v) is 4.09. The molecule has 2 aromatic rings. The number of aliphatic hydroxyl groups is 1. The molecule has 176 valence electrons. The van der Waals surface area contributed by atoms with E-state index in [0.717, 1.165) is 51.4 Å². The third kappa shape index (κ3) is 7.17. The van der Waals surface area contributed by atoms with Gasteiger partial charge in [-0.15, -0.1) is 0 Å². The van der Waals surface area contributed by atoms with Crippen LogP contribution in [0.3, 0.4) is 0 Å². The Morgan fingerprint density at radius 2 is 1.84 bits per heavy atom. The summed E-state index contributed by atoms with van der Waals surface area (Å²) in [6, 6.07) is 8.08. The number of aromatic nitrogens is 1. The molecule has 0 aliphatic carbocycles. The lowest BCUT2D eigenvalue weighted by Crippen LogP contribution is -2.49. The van der Waals surface area contributed by atoms with Crippen LogP contribution in [-0.4, -0.2) is 90.9 Å². The van der Waals surface area contributed by atoms with E-state index < -0.39 is 6.10 Å². The topological polar surface area (TPSA) is 61.3 Å². The van der Waals surface area contributed by atoms with Gasteiger partial charge >= 0.3 is 0 Å². The van der Waals surface area contributed by atoms with E-state index >= 15 is 0 Å². The molecule has 2 heterocycles. The largest absolute Gasteiger partial charge is 0.493 e. The van der Waals surface area contributed by atoms with Crippen LogP contribution in [0.1, 0.15) is 23.6 Å². The van der Waals surface area contributed by atoms with Crippen LogP contribution in [0.15, 0.2) is 36.7 Å². The molecule has 1 aromatic heterocycles. The van der Waals surface area contributed by atoms with Crippen LogP contribution in [0.25, 0.3) is 0 Å². The summed E-state index contributed by atoms with van der Waals surface area (Å²) in [4.78, 5) is 11.2. The smallest absolute Gasteiger partial charge is 0.161 e. The lowest BCUT2D eigenvalue weighted by molar-refractivity contribution is 0.0464. The number of pyridine rings is 1. The first-order valence-corrected chi connectivity index (χ1v) is 11.5. The van der Waals surface area contributed by atoms with Crippen LogP contribution in [0.4, 0.5) is 0 Å². The predicted molar refractivity (Wildman–Crippen MR) is 127 cm³/mol. The van der Waals surface area contributed by atoms with E-state index in [9.17, 15) is 5.11 Å². The standard InChI is InChI=1S/C25H38N4O3/c1-5-28-10-12-29(13-11-28)18-23(30)19-32-24-7-6-21(14-25(24)31-4)16-27(3)17-22-8-9-26-15-20(22)2/h6-9,14-15,23,30H,5,10-13,16-19H2,1-4H3/t23-/m1/s1. The van der Waals surface area contributed by atoms with Gasteiger partial charge in [0.15, 0.2) is 11.5 Å². The van der Waals surface area contributed by atoms with Gasteiger partial charge in [0, 0.05) is 58.2 Å². The summed E-state index contributed by atoms with van der Waals surface area (Å²) in [5, 5.41) is 10.5. The Kier molecular flexibility index (Phi) is 9.29. The van der Waals surface area contributed by atoms with Crippen molar-refractivity contribution in [2.24, 2.45) is 0 Å². The molecule has 1 atom stereocenters. The lowest BCUT2D eigenvalue weighted by Gasteiger charge is -2.34. The van der Waals surface area contributed by atoms with Crippen LogP contribution in [0, 0.1) is 6.92 Å². The number of β-amino-alcohol motifs (C(OH)–C–C–N with tert-alkyl or cyclic N) is 1. The zero-order chi connectivity index (χ0) is 22.9. The number of ether oxygens (including phenoxy) is 2. The number of aliphatic hydroxyl groups excluding tert-OH is 1. The summed E-state index contributed by atoms with van der Waals surface area (Å²) in [5.41, 5.74) is 3.63. The van der Waals surface area contributed by atoms with Gasteiger partial charge in [0.25, 0.3) is 0 Å². The molecule has 1 aliphatic heterocycles. The minimum absolute atomic E-state index is 0.255. The first-order valence-electron chi connectivity index (χ1n) is 11.5. The quantitative estimate of drug-likeness (QED) is 0.573. The summed E-state index contributed by atoms with van der Waals surface area (Å²) in [6.07, 6.45) is 3.21. The highest BCUT2D eigenvalue weighted by atomic mass is 16.5. The Labute approximate surface area is 192 Å². The Bertz CT molecular complexity index is 840. The van der Waals surface area contributed by atoms with E-state index in [0.29, 0.717) is 18.0 Å². The number of methoxy groups -OCH3 is 1. The molecule has 0 unspecified atom stereocenters. The van der Waals surface area contributed by atoms with Crippen molar-refractivity contribution in [1.82, 2.24) is 19.7 Å². The predicted octanol–water partition coefficient (Wildman–Crippen LogP) is 2.41. The average molecular weight is 443 g/mol. The number of hydrogen-bond acceptors (Lipinski definition) is 7. The summed E-state index contributed by atoms with van der Waals surface area (Å²) in [7, 11) is 3.76. The van der Waals surface area contributed by atoms with Crippen LogP contribution >= 0.6 is 0 Å². The fourth-order valence-electron chi connectivity index (χ4n) is 4.09. The Morgan fingerprint density at radius 3 is 2.53 bits per heavy atom. The molecule has 0 bridgehead atoms. The van der Waals surface area contributed by atoms with Gasteiger partial charge in [-0.25, -0.2) is 0 Å². The molecule has 1 fully saturated rings. The highest BCUT2D eigenvalue weighted by molar-refractivity contribution is 5.43. The van der Waals surface area contributed by atoms with E-state index in [-0.39, 0.29) is 6.61 Å². The van der Waals surface area contributed by atoms with E-state index in [1.165, 1.54) is 11.1 Å². The zero-order valence-electron chi connectivity index (χ0n) is 20.0. The van der Waals surface area contributed by atoms with Gasteiger partial charge < -0.3 is 19.5 Å². The van der Waals surface area contributed by atoms with Crippen LogP contribution in [0.5, 0.6) is 11.5 Å². The molecule has 7 nitrogen and oxygen atoms in total. The molecule has 1 saturated heterocycles. The molecular formula is C25H38N4O3. The number of rotatable bonds is 11. The molecule has 3 rings (SSSR count). The van der Waals surface area contributed by atoms with Crippen molar-refractivity contribution in [3.05, 3.63) is 53.3 Å². The molecule has 0 spiro atoms. The number of aryl methyl sites for hydroxylation is 1. The number of nitrogens with zero attached hydrogens (tertiary/aromatic N) is 4. The van der Waals surface area contributed by atoms with Crippen molar-refractivity contribution in [3.8, 4) is 11.5 Å². The van der Waals surface area contributed by atoms with Gasteiger partial charge in [0.1, 0.15) is 12.7 Å². The number of benzene rings is 1. The van der Waals surface area contributed by atoms with Crippen molar-refractivity contribution in [2.45, 2.75) is 33.0 Å². The first kappa shape index (κ1) is 24.5. The van der Waals surface area contributed by atoms with Gasteiger partial charge in [0.05, 0.1) is 7.11 Å². The first-order chi connectivity index (χ1) is 15.5. The summed E-state index contributed by atoms with van der Waals surface area (Å²) in [5.74, 6) is 1.36. The molecule has 0 radical (unpaired) electrons. The van der Waals surface area contributed by atoms with E-state index in [4.69, 9.17) is 9.47 Å². The van der Waals surface area contributed by atoms with Crippen molar-refractivity contribution >= 4 is 0 Å². The number of likely N-dealkylation sites (N-methyl/N-ethyl adjacent to an activating group) is 1. The summed E-state index contributed by atoms with van der Waals surface area (Å²) < 4.78 is 11.5. The highest BCUT2D eigenvalue weighted by Gasteiger charge is 2.19. The SMILES string of the molecule is CCN1CCN(C[C@@H](O)COc2ccc(CN(C)Cc3ccncc3C)cc2OC)CC1. The molecule has 32 heavy (non-hydrogen) atoms. The molecule has 0 saturated carbocycles. The normalized spacial score (nSPS) is 16.3. The summed E-state index contributed by atoms with van der Waals surface area (Å²) in [6.45, 7) is 12.0. The van der Waals surface area contributed by atoms with Gasteiger partial charge in [-0.2, -0.15) is 0 Å². The minimum Gasteiger partial charge on any atom is -0.493 e. The zero-order valence-corrected chi connectivity index (χ0v) is 20.0. The second-order valence-corrected chi connectivity index (χ2v) is 8.66. The van der Waals surface area contributed by atoms with Crippen molar-refractivity contribution < 1.29 is 14.6 Å². The second kappa shape index (κ2) is 12.2. The monoisotopic (exact) mass is 442 g/mol. The maximum atomic E-state index is 10.5. The Hall–Kier alpha value is -2.19. The second-order valence-electron chi connectivity index (χ2n) is 8.66. The van der Waals surface area contributed by atoms with Gasteiger partial charge in [0.2, 0.25) is 0 Å². The van der Waals surface area contributed by atoms with E-state index in [1.54, 1.807) is 7.11 Å². The molecule has 1 aromatic carbocycles. The van der Waals surface area contributed by atoms with Crippen molar-refractivity contribution in [2.75, 3.05) is 60.0 Å².